The zero-order chi connectivity index (χ0) is 14.5. The number of benzene rings is 1. The Morgan fingerprint density at radius 1 is 1.32 bits per heavy atom. The molecule has 0 atom stereocenters. The second-order valence-electron chi connectivity index (χ2n) is 5.30. The van der Waals surface area contributed by atoms with Gasteiger partial charge in [-0.2, -0.15) is 0 Å². The van der Waals surface area contributed by atoms with Crippen LogP contribution in [-0.4, -0.2) is 26.4 Å². The molecule has 4 heteroatoms. The largest absolute Gasteiger partial charge is 0.493 e. The minimum atomic E-state index is -0.146. The summed E-state index contributed by atoms with van der Waals surface area (Å²) < 4.78 is 12.5. The molecule has 0 heterocycles. The first-order chi connectivity index (χ1) is 8.89. The molecule has 1 aromatic rings. The van der Waals surface area contributed by atoms with Crippen molar-refractivity contribution in [1.29, 1.82) is 0 Å². The third-order valence-corrected chi connectivity index (χ3v) is 3.64. The number of hydrogen-bond donors (Lipinski definition) is 1. The molecule has 0 aliphatic carbocycles. The first-order valence-electron chi connectivity index (χ1n) is 6.51. The second kappa shape index (κ2) is 7.27. The van der Waals surface area contributed by atoms with Gasteiger partial charge in [-0.1, -0.05) is 15.9 Å². The Bertz CT molecular complexity index is 419. The summed E-state index contributed by atoms with van der Waals surface area (Å²) >= 11 is 3.52. The highest BCUT2D eigenvalue weighted by molar-refractivity contribution is 9.10. The van der Waals surface area contributed by atoms with Gasteiger partial charge in [-0.15, -0.1) is 0 Å². The Hall–Kier alpha value is -0.580. The lowest BCUT2D eigenvalue weighted by molar-refractivity contribution is 0.00531. The fourth-order valence-corrected chi connectivity index (χ4v) is 2.45. The quantitative estimate of drug-likeness (QED) is 0.827. The first kappa shape index (κ1) is 16.5. The lowest BCUT2D eigenvalue weighted by Gasteiger charge is -2.23. The number of aryl methyl sites for hydroxylation is 1. The molecule has 0 aromatic heterocycles. The van der Waals surface area contributed by atoms with Crippen molar-refractivity contribution in [3.8, 4) is 5.75 Å². The molecular formula is C15H24BrNO2. The highest BCUT2D eigenvalue weighted by atomic mass is 79.9. The number of rotatable bonds is 7. The molecule has 0 radical (unpaired) electrons. The zero-order valence-electron chi connectivity index (χ0n) is 12.5. The molecule has 0 saturated carbocycles. The Kier molecular flexibility index (Phi) is 6.30. The van der Waals surface area contributed by atoms with Crippen molar-refractivity contribution in [2.75, 3.05) is 20.8 Å². The summed E-state index contributed by atoms with van der Waals surface area (Å²) in [7, 11) is 3.67. The topological polar surface area (TPSA) is 30.5 Å². The van der Waals surface area contributed by atoms with Gasteiger partial charge in [0.15, 0.2) is 0 Å². The van der Waals surface area contributed by atoms with Gasteiger partial charge in [-0.3, -0.25) is 0 Å². The SMILES string of the molecule is CNCc1cc(Br)cc(C)c1OCCC(C)(C)OC. The van der Waals surface area contributed by atoms with Crippen molar-refractivity contribution < 1.29 is 9.47 Å². The fourth-order valence-electron chi connectivity index (χ4n) is 1.83. The normalized spacial score (nSPS) is 11.7. The maximum atomic E-state index is 5.97. The van der Waals surface area contributed by atoms with Crippen LogP contribution in [0.2, 0.25) is 0 Å². The molecule has 0 aliphatic rings. The summed E-state index contributed by atoms with van der Waals surface area (Å²) in [6.07, 6.45) is 0.859. The molecule has 19 heavy (non-hydrogen) atoms. The van der Waals surface area contributed by atoms with E-state index in [4.69, 9.17) is 9.47 Å². The van der Waals surface area contributed by atoms with Crippen LogP contribution in [0.5, 0.6) is 5.75 Å². The summed E-state index contributed by atoms with van der Waals surface area (Å²) in [5.41, 5.74) is 2.17. The Balaban J connectivity index is 2.77. The van der Waals surface area contributed by atoms with E-state index >= 15 is 0 Å². The molecule has 108 valence electrons. The van der Waals surface area contributed by atoms with Gasteiger partial charge in [0.1, 0.15) is 5.75 Å². The highest BCUT2D eigenvalue weighted by Crippen LogP contribution is 2.28. The van der Waals surface area contributed by atoms with E-state index in [-0.39, 0.29) is 5.60 Å². The van der Waals surface area contributed by atoms with Gasteiger partial charge < -0.3 is 14.8 Å². The van der Waals surface area contributed by atoms with Gasteiger partial charge in [0.2, 0.25) is 0 Å². The average molecular weight is 330 g/mol. The average Bonchev–Trinajstić information content (AvgIpc) is 2.33. The molecule has 0 bridgehead atoms. The number of methoxy groups -OCH3 is 1. The molecule has 0 saturated heterocycles. The Morgan fingerprint density at radius 2 is 2.00 bits per heavy atom. The van der Waals surface area contributed by atoms with Crippen molar-refractivity contribution in [2.24, 2.45) is 0 Å². The standard InChI is InChI=1S/C15H24BrNO2/c1-11-8-13(16)9-12(10-17-4)14(11)19-7-6-15(2,3)18-5/h8-9,17H,6-7,10H2,1-5H3. The fraction of sp³-hybridized carbons (Fsp3) is 0.600. The maximum Gasteiger partial charge on any atom is 0.126 e. The molecule has 0 spiro atoms. The summed E-state index contributed by atoms with van der Waals surface area (Å²) in [6, 6.07) is 4.18. The van der Waals surface area contributed by atoms with Crippen molar-refractivity contribution in [2.45, 2.75) is 39.3 Å². The van der Waals surface area contributed by atoms with Crippen molar-refractivity contribution in [3.63, 3.8) is 0 Å². The first-order valence-corrected chi connectivity index (χ1v) is 7.30. The number of hydrogen-bond acceptors (Lipinski definition) is 3. The van der Waals surface area contributed by atoms with E-state index in [2.05, 4.69) is 54.2 Å². The zero-order valence-corrected chi connectivity index (χ0v) is 14.1. The van der Waals surface area contributed by atoms with E-state index in [9.17, 15) is 0 Å². The summed E-state index contributed by atoms with van der Waals surface area (Å²) in [4.78, 5) is 0. The lowest BCUT2D eigenvalue weighted by atomic mass is 10.1. The van der Waals surface area contributed by atoms with Crippen LogP contribution in [-0.2, 0) is 11.3 Å². The van der Waals surface area contributed by atoms with E-state index in [1.54, 1.807) is 7.11 Å². The smallest absolute Gasteiger partial charge is 0.126 e. The van der Waals surface area contributed by atoms with Crippen LogP contribution in [0.3, 0.4) is 0 Å². The Labute approximate surface area is 124 Å². The van der Waals surface area contributed by atoms with Gasteiger partial charge in [0, 0.05) is 30.1 Å². The van der Waals surface area contributed by atoms with Gasteiger partial charge >= 0.3 is 0 Å². The van der Waals surface area contributed by atoms with E-state index in [0.717, 1.165) is 28.8 Å². The van der Waals surface area contributed by atoms with Gasteiger partial charge in [-0.25, -0.2) is 0 Å². The van der Waals surface area contributed by atoms with E-state index in [0.29, 0.717) is 6.61 Å². The molecule has 1 aromatic carbocycles. The van der Waals surface area contributed by atoms with Crippen molar-refractivity contribution in [3.05, 3.63) is 27.7 Å². The number of halogens is 1. The second-order valence-corrected chi connectivity index (χ2v) is 6.22. The van der Waals surface area contributed by atoms with E-state index < -0.39 is 0 Å². The lowest BCUT2D eigenvalue weighted by Crippen LogP contribution is -2.25. The molecule has 1 rings (SSSR count). The summed E-state index contributed by atoms with van der Waals surface area (Å²) in [5, 5.41) is 3.17. The third kappa shape index (κ3) is 5.13. The van der Waals surface area contributed by atoms with Crippen LogP contribution in [0, 0.1) is 6.92 Å². The molecule has 3 nitrogen and oxygen atoms in total. The van der Waals surface area contributed by atoms with Crippen LogP contribution in [0.25, 0.3) is 0 Å². The number of nitrogens with one attached hydrogen (secondary N) is 1. The minimum absolute atomic E-state index is 0.146. The monoisotopic (exact) mass is 329 g/mol. The number of ether oxygens (including phenoxy) is 2. The van der Waals surface area contributed by atoms with E-state index in [1.165, 1.54) is 5.56 Å². The molecule has 0 fully saturated rings. The van der Waals surface area contributed by atoms with Crippen LogP contribution >= 0.6 is 15.9 Å². The molecule has 1 N–H and O–H groups in total. The van der Waals surface area contributed by atoms with Gasteiger partial charge in [0.25, 0.3) is 0 Å². The van der Waals surface area contributed by atoms with E-state index in [1.807, 2.05) is 7.05 Å². The van der Waals surface area contributed by atoms with Crippen LogP contribution in [0.15, 0.2) is 16.6 Å². The van der Waals surface area contributed by atoms with Crippen LogP contribution < -0.4 is 10.1 Å². The summed E-state index contributed by atoms with van der Waals surface area (Å²) in [6.45, 7) is 7.66. The predicted molar refractivity (Wildman–Crippen MR) is 82.8 cm³/mol. The Morgan fingerprint density at radius 3 is 2.58 bits per heavy atom. The molecular weight excluding hydrogens is 306 g/mol. The molecule has 0 aliphatic heterocycles. The molecule has 0 unspecified atom stereocenters. The minimum Gasteiger partial charge on any atom is -0.493 e. The van der Waals surface area contributed by atoms with Crippen LogP contribution in [0.1, 0.15) is 31.4 Å². The maximum absolute atomic E-state index is 5.97. The molecule has 0 amide bonds. The van der Waals surface area contributed by atoms with Crippen molar-refractivity contribution in [1.82, 2.24) is 5.32 Å². The highest BCUT2D eigenvalue weighted by Gasteiger charge is 2.17. The van der Waals surface area contributed by atoms with Crippen LogP contribution in [0.4, 0.5) is 0 Å². The van der Waals surface area contributed by atoms with Gasteiger partial charge in [0.05, 0.1) is 12.2 Å². The third-order valence-electron chi connectivity index (χ3n) is 3.19. The van der Waals surface area contributed by atoms with Gasteiger partial charge in [-0.05, 0) is 45.5 Å². The predicted octanol–water partition coefficient (Wildman–Crippen LogP) is 3.67. The summed E-state index contributed by atoms with van der Waals surface area (Å²) in [5.74, 6) is 0.976. The van der Waals surface area contributed by atoms with Crippen molar-refractivity contribution >= 4 is 15.9 Å².